The zero-order chi connectivity index (χ0) is 14.5. The average molecular weight is 278 g/mol. The molecule has 0 amide bonds. The Morgan fingerprint density at radius 1 is 1.40 bits per heavy atom. The van der Waals surface area contributed by atoms with E-state index in [1.165, 1.54) is 25.6 Å². The van der Waals surface area contributed by atoms with E-state index in [1.807, 2.05) is 6.07 Å². The molecule has 1 saturated heterocycles. The third-order valence-electron chi connectivity index (χ3n) is 4.36. The van der Waals surface area contributed by atoms with Crippen LogP contribution in [0.1, 0.15) is 45.2 Å². The molecule has 2 unspecified atom stereocenters. The predicted molar refractivity (Wildman–Crippen MR) is 82.3 cm³/mol. The van der Waals surface area contributed by atoms with Crippen LogP contribution in [0.4, 0.5) is 4.39 Å². The molecule has 0 bridgehead atoms. The van der Waals surface area contributed by atoms with E-state index in [1.54, 1.807) is 12.1 Å². The normalized spacial score (nSPS) is 21.6. The topological polar surface area (TPSA) is 15.3 Å². The Kier molecular flexibility index (Phi) is 5.55. The summed E-state index contributed by atoms with van der Waals surface area (Å²) >= 11 is 0. The molecule has 0 aromatic heterocycles. The van der Waals surface area contributed by atoms with Gasteiger partial charge in [-0.15, -0.1) is 0 Å². The van der Waals surface area contributed by atoms with Gasteiger partial charge in [-0.2, -0.15) is 0 Å². The smallest absolute Gasteiger partial charge is 0.123 e. The minimum Gasteiger partial charge on any atom is -0.310 e. The molecule has 1 heterocycles. The molecule has 3 heteroatoms. The van der Waals surface area contributed by atoms with E-state index in [0.29, 0.717) is 6.04 Å². The van der Waals surface area contributed by atoms with Crippen molar-refractivity contribution in [2.75, 3.05) is 19.6 Å². The summed E-state index contributed by atoms with van der Waals surface area (Å²) in [5, 5.41) is 3.62. The Bertz CT molecular complexity index is 419. The second-order valence-corrected chi connectivity index (χ2v) is 6.17. The SMILES string of the molecule is CCC(NCC1CCN(C(C)C)C1)c1cccc(F)c1. The molecule has 1 aliphatic rings. The van der Waals surface area contributed by atoms with Gasteiger partial charge in [0.1, 0.15) is 5.82 Å². The lowest BCUT2D eigenvalue weighted by Crippen LogP contribution is -2.32. The Hall–Kier alpha value is -0.930. The highest BCUT2D eigenvalue weighted by molar-refractivity contribution is 5.20. The van der Waals surface area contributed by atoms with Crippen molar-refractivity contribution in [1.29, 1.82) is 0 Å². The molecular weight excluding hydrogens is 251 g/mol. The molecule has 1 aliphatic heterocycles. The van der Waals surface area contributed by atoms with Crippen LogP contribution in [0.25, 0.3) is 0 Å². The summed E-state index contributed by atoms with van der Waals surface area (Å²) in [6, 6.07) is 7.87. The van der Waals surface area contributed by atoms with Gasteiger partial charge in [-0.05, 0) is 63.4 Å². The van der Waals surface area contributed by atoms with E-state index < -0.39 is 0 Å². The fraction of sp³-hybridized carbons (Fsp3) is 0.647. The molecule has 0 aliphatic carbocycles. The van der Waals surface area contributed by atoms with Gasteiger partial charge in [-0.3, -0.25) is 0 Å². The van der Waals surface area contributed by atoms with Crippen molar-refractivity contribution in [2.45, 2.75) is 45.7 Å². The number of nitrogens with zero attached hydrogens (tertiary/aromatic N) is 1. The number of rotatable bonds is 6. The van der Waals surface area contributed by atoms with Gasteiger partial charge in [0.25, 0.3) is 0 Å². The third-order valence-corrected chi connectivity index (χ3v) is 4.36. The van der Waals surface area contributed by atoms with Crippen molar-refractivity contribution in [3.63, 3.8) is 0 Å². The van der Waals surface area contributed by atoms with Crippen LogP contribution in [0.5, 0.6) is 0 Å². The van der Waals surface area contributed by atoms with Gasteiger partial charge in [0.15, 0.2) is 0 Å². The Balaban J connectivity index is 1.86. The molecule has 0 radical (unpaired) electrons. The lowest BCUT2D eigenvalue weighted by molar-refractivity contribution is 0.262. The van der Waals surface area contributed by atoms with Crippen molar-refractivity contribution >= 4 is 0 Å². The summed E-state index contributed by atoms with van der Waals surface area (Å²) in [6.45, 7) is 10.1. The Morgan fingerprint density at radius 3 is 2.80 bits per heavy atom. The Morgan fingerprint density at radius 2 is 2.20 bits per heavy atom. The van der Waals surface area contributed by atoms with Gasteiger partial charge in [-0.1, -0.05) is 19.1 Å². The van der Waals surface area contributed by atoms with Crippen molar-refractivity contribution in [3.8, 4) is 0 Å². The first-order valence-corrected chi connectivity index (χ1v) is 7.83. The summed E-state index contributed by atoms with van der Waals surface area (Å²) in [5.74, 6) is 0.578. The Labute approximate surface area is 122 Å². The minimum atomic E-state index is -0.144. The summed E-state index contributed by atoms with van der Waals surface area (Å²) < 4.78 is 13.3. The van der Waals surface area contributed by atoms with Crippen LogP contribution in [0.2, 0.25) is 0 Å². The highest BCUT2D eigenvalue weighted by atomic mass is 19.1. The molecule has 0 spiro atoms. The highest BCUT2D eigenvalue weighted by Gasteiger charge is 2.24. The van der Waals surface area contributed by atoms with E-state index in [9.17, 15) is 4.39 Å². The molecule has 2 atom stereocenters. The van der Waals surface area contributed by atoms with Gasteiger partial charge in [0.05, 0.1) is 0 Å². The first kappa shape index (κ1) is 15.5. The average Bonchev–Trinajstić information content (AvgIpc) is 2.88. The maximum atomic E-state index is 13.3. The highest BCUT2D eigenvalue weighted by Crippen LogP contribution is 2.21. The molecule has 1 aromatic rings. The number of hydrogen-bond donors (Lipinski definition) is 1. The van der Waals surface area contributed by atoms with Crippen molar-refractivity contribution in [3.05, 3.63) is 35.6 Å². The lowest BCUT2D eigenvalue weighted by atomic mass is 10.0. The molecule has 2 nitrogen and oxygen atoms in total. The number of benzene rings is 1. The second kappa shape index (κ2) is 7.19. The number of hydrogen-bond acceptors (Lipinski definition) is 2. The summed E-state index contributed by atoms with van der Waals surface area (Å²) in [7, 11) is 0. The van der Waals surface area contributed by atoms with Gasteiger partial charge in [0.2, 0.25) is 0 Å². The number of nitrogens with one attached hydrogen (secondary N) is 1. The molecule has 20 heavy (non-hydrogen) atoms. The van der Waals surface area contributed by atoms with Crippen LogP contribution in [0, 0.1) is 11.7 Å². The summed E-state index contributed by atoms with van der Waals surface area (Å²) in [4.78, 5) is 2.54. The van der Waals surface area contributed by atoms with Crippen LogP contribution in [0.15, 0.2) is 24.3 Å². The van der Waals surface area contributed by atoms with Crippen LogP contribution in [0.3, 0.4) is 0 Å². The van der Waals surface area contributed by atoms with E-state index in [0.717, 1.165) is 24.4 Å². The zero-order valence-electron chi connectivity index (χ0n) is 12.9. The van der Waals surface area contributed by atoms with E-state index >= 15 is 0 Å². The van der Waals surface area contributed by atoms with Crippen LogP contribution in [-0.4, -0.2) is 30.6 Å². The molecule has 112 valence electrons. The van der Waals surface area contributed by atoms with Crippen molar-refractivity contribution in [1.82, 2.24) is 10.2 Å². The van der Waals surface area contributed by atoms with Crippen LogP contribution >= 0.6 is 0 Å². The third kappa shape index (κ3) is 4.03. The van der Waals surface area contributed by atoms with Crippen molar-refractivity contribution in [2.24, 2.45) is 5.92 Å². The molecule has 1 fully saturated rings. The largest absolute Gasteiger partial charge is 0.310 e. The predicted octanol–water partition coefficient (Wildman–Crippen LogP) is 3.60. The van der Waals surface area contributed by atoms with Gasteiger partial charge >= 0.3 is 0 Å². The zero-order valence-corrected chi connectivity index (χ0v) is 12.9. The van der Waals surface area contributed by atoms with Gasteiger partial charge in [0, 0.05) is 18.6 Å². The fourth-order valence-corrected chi connectivity index (χ4v) is 3.03. The second-order valence-electron chi connectivity index (χ2n) is 6.17. The monoisotopic (exact) mass is 278 g/mol. The maximum Gasteiger partial charge on any atom is 0.123 e. The fourth-order valence-electron chi connectivity index (χ4n) is 3.03. The molecule has 0 saturated carbocycles. The first-order chi connectivity index (χ1) is 9.60. The van der Waals surface area contributed by atoms with Gasteiger partial charge in [-0.25, -0.2) is 4.39 Å². The quantitative estimate of drug-likeness (QED) is 0.855. The number of halogens is 1. The molecule has 1 aromatic carbocycles. The number of likely N-dealkylation sites (tertiary alicyclic amines) is 1. The first-order valence-electron chi connectivity index (χ1n) is 7.83. The standard InChI is InChI=1S/C17H27FN2/c1-4-17(15-6-5-7-16(18)10-15)19-11-14-8-9-20(12-14)13(2)3/h5-7,10,13-14,17,19H,4,8-9,11-12H2,1-3H3. The van der Waals surface area contributed by atoms with E-state index in [4.69, 9.17) is 0 Å². The minimum absolute atomic E-state index is 0.144. The molecule has 1 N–H and O–H groups in total. The van der Waals surface area contributed by atoms with Crippen LogP contribution < -0.4 is 5.32 Å². The molecule has 2 rings (SSSR count). The van der Waals surface area contributed by atoms with Crippen molar-refractivity contribution < 1.29 is 4.39 Å². The lowest BCUT2D eigenvalue weighted by Gasteiger charge is -2.22. The van der Waals surface area contributed by atoms with E-state index in [-0.39, 0.29) is 11.9 Å². The van der Waals surface area contributed by atoms with Crippen LogP contribution in [-0.2, 0) is 0 Å². The summed E-state index contributed by atoms with van der Waals surface area (Å²) in [6.07, 6.45) is 2.26. The molecular formula is C17H27FN2. The summed E-state index contributed by atoms with van der Waals surface area (Å²) in [5.41, 5.74) is 1.06. The van der Waals surface area contributed by atoms with Gasteiger partial charge < -0.3 is 10.2 Å². The van der Waals surface area contributed by atoms with E-state index in [2.05, 4.69) is 31.0 Å². The maximum absolute atomic E-state index is 13.3.